The highest BCUT2D eigenvalue weighted by Gasteiger charge is 2.02. The Balaban J connectivity index is 0.000000388. The van der Waals surface area contributed by atoms with Gasteiger partial charge in [0.15, 0.2) is 0 Å². The number of hydrogen-bond donors (Lipinski definition) is 2. The lowest BCUT2D eigenvalue weighted by Gasteiger charge is -2.06. The van der Waals surface area contributed by atoms with Crippen molar-refractivity contribution >= 4 is 27.8 Å². The molecule has 3 aromatic rings. The maximum atomic E-state index is 9.45. The van der Waals surface area contributed by atoms with E-state index in [1.807, 2.05) is 57.2 Å². The third-order valence-corrected chi connectivity index (χ3v) is 3.23. The summed E-state index contributed by atoms with van der Waals surface area (Å²) in [5.74, 6) is 0.281. The van der Waals surface area contributed by atoms with Crippen LogP contribution in [-0.2, 0) is 11.4 Å². The molecule has 3 nitrogen and oxygen atoms in total. The van der Waals surface area contributed by atoms with Gasteiger partial charge in [0.1, 0.15) is 12.0 Å². The minimum absolute atomic E-state index is 0.0591. The fourth-order valence-electron chi connectivity index (χ4n) is 2.21. The first-order valence-corrected chi connectivity index (χ1v) is 7.88. The molecule has 0 heterocycles. The molecule has 2 N–H and O–H groups in total. The summed E-state index contributed by atoms with van der Waals surface area (Å²) in [6.07, 6.45) is 1.51. The standard InChI is InChI=1S/C15H12O2.C3H6O.C2H6/c16-9-10-1-5-14-11(7-10)2-3-12-8-13(17)4-6-15(12)14;1-2-3-4;1-2/h1-8,16-17H,9H2;3H,2H2,1H3;1-2H3. The van der Waals surface area contributed by atoms with E-state index in [2.05, 4.69) is 0 Å². The second kappa shape index (κ2) is 9.59. The number of fused-ring (bicyclic) bond motifs is 3. The number of benzene rings is 3. The number of hydrogen-bond acceptors (Lipinski definition) is 3. The summed E-state index contributed by atoms with van der Waals surface area (Å²) >= 11 is 0. The van der Waals surface area contributed by atoms with Crippen molar-refractivity contribution in [1.29, 1.82) is 0 Å². The molecule has 3 aromatic carbocycles. The molecule has 3 heteroatoms. The monoisotopic (exact) mass is 312 g/mol. The van der Waals surface area contributed by atoms with Gasteiger partial charge in [-0.25, -0.2) is 0 Å². The predicted molar refractivity (Wildman–Crippen MR) is 96.7 cm³/mol. The van der Waals surface area contributed by atoms with E-state index in [0.717, 1.165) is 33.4 Å². The Bertz CT molecular complexity index is 763. The number of rotatable bonds is 2. The smallest absolute Gasteiger partial charge is 0.119 e. The van der Waals surface area contributed by atoms with Gasteiger partial charge >= 0.3 is 0 Å². The highest BCUT2D eigenvalue weighted by atomic mass is 16.3. The van der Waals surface area contributed by atoms with Gasteiger partial charge in [0.25, 0.3) is 0 Å². The zero-order chi connectivity index (χ0) is 17.2. The zero-order valence-corrected chi connectivity index (χ0v) is 13.9. The van der Waals surface area contributed by atoms with Gasteiger partial charge in [0.05, 0.1) is 6.61 Å². The number of phenolic OH excluding ortho intramolecular Hbond substituents is 1. The summed E-state index contributed by atoms with van der Waals surface area (Å²) in [5, 5.41) is 22.9. The maximum absolute atomic E-state index is 9.45. The van der Waals surface area contributed by atoms with Crippen LogP contribution in [-0.4, -0.2) is 16.5 Å². The van der Waals surface area contributed by atoms with E-state index in [9.17, 15) is 9.90 Å². The molecule has 23 heavy (non-hydrogen) atoms. The number of aliphatic hydroxyl groups excluding tert-OH is 1. The molecule has 0 spiro atoms. The van der Waals surface area contributed by atoms with Crippen LogP contribution in [0.1, 0.15) is 32.8 Å². The molecule has 0 bridgehead atoms. The first-order valence-electron chi connectivity index (χ1n) is 7.88. The van der Waals surface area contributed by atoms with E-state index in [1.54, 1.807) is 12.1 Å². The van der Waals surface area contributed by atoms with Crippen molar-refractivity contribution in [2.75, 3.05) is 0 Å². The topological polar surface area (TPSA) is 57.5 Å². The Morgan fingerprint density at radius 2 is 1.43 bits per heavy atom. The molecule has 0 unspecified atom stereocenters. The highest BCUT2D eigenvalue weighted by Crippen LogP contribution is 2.28. The number of aliphatic hydroxyl groups is 1. The summed E-state index contributed by atoms with van der Waals surface area (Å²) in [6.45, 7) is 5.87. The summed E-state index contributed by atoms with van der Waals surface area (Å²) in [6, 6.07) is 15.3. The van der Waals surface area contributed by atoms with Crippen LogP contribution in [0, 0.1) is 0 Å². The molecule has 0 aromatic heterocycles. The second-order valence-electron chi connectivity index (χ2n) is 4.76. The third kappa shape index (κ3) is 4.80. The summed E-state index contributed by atoms with van der Waals surface area (Å²) in [7, 11) is 0. The van der Waals surface area contributed by atoms with Crippen LogP contribution in [0.15, 0.2) is 48.5 Å². The fourth-order valence-corrected chi connectivity index (χ4v) is 2.21. The summed E-state index contributed by atoms with van der Waals surface area (Å²) in [4.78, 5) is 9.17. The van der Waals surface area contributed by atoms with Gasteiger partial charge in [-0.15, -0.1) is 0 Å². The molecule has 0 amide bonds. The molecule has 0 aliphatic rings. The van der Waals surface area contributed by atoms with Crippen molar-refractivity contribution in [1.82, 2.24) is 0 Å². The van der Waals surface area contributed by atoms with Crippen LogP contribution in [0.3, 0.4) is 0 Å². The second-order valence-corrected chi connectivity index (χ2v) is 4.76. The molecule has 0 aliphatic carbocycles. The highest BCUT2D eigenvalue weighted by molar-refractivity contribution is 6.07. The lowest BCUT2D eigenvalue weighted by molar-refractivity contribution is -0.107. The summed E-state index contributed by atoms with van der Waals surface area (Å²) < 4.78 is 0. The lowest BCUT2D eigenvalue weighted by atomic mass is 10.0. The Morgan fingerprint density at radius 3 is 1.96 bits per heavy atom. The average Bonchev–Trinajstić information content (AvgIpc) is 2.62. The molecular formula is C20H24O3. The van der Waals surface area contributed by atoms with Gasteiger partial charge in [-0.3, -0.25) is 0 Å². The van der Waals surface area contributed by atoms with Crippen LogP contribution >= 0.6 is 0 Å². The van der Waals surface area contributed by atoms with Gasteiger partial charge in [-0.1, -0.05) is 51.1 Å². The normalized spacial score (nSPS) is 9.57. The molecule has 0 atom stereocenters. The first-order chi connectivity index (χ1) is 11.2. The van der Waals surface area contributed by atoms with E-state index >= 15 is 0 Å². The van der Waals surface area contributed by atoms with Crippen molar-refractivity contribution < 1.29 is 15.0 Å². The molecule has 3 rings (SSSR count). The minimum atomic E-state index is 0.0591. The number of carbonyl (C=O) groups is 1. The Kier molecular flexibility index (Phi) is 7.78. The molecule has 0 radical (unpaired) electrons. The molecule has 122 valence electrons. The van der Waals surface area contributed by atoms with Gasteiger partial charge in [0, 0.05) is 6.42 Å². The number of phenols is 1. The molecule has 0 saturated carbocycles. The first kappa shape index (κ1) is 18.7. The fraction of sp³-hybridized carbons (Fsp3) is 0.250. The summed E-state index contributed by atoms with van der Waals surface area (Å²) in [5.41, 5.74) is 0.913. The van der Waals surface area contributed by atoms with Crippen LogP contribution < -0.4 is 0 Å². The predicted octanol–water partition coefficient (Wildman–Crippen LogP) is 4.81. The van der Waals surface area contributed by atoms with Gasteiger partial charge in [-0.2, -0.15) is 0 Å². The van der Waals surface area contributed by atoms with Crippen molar-refractivity contribution in [3.8, 4) is 5.75 Å². The molecular weight excluding hydrogens is 288 g/mol. The van der Waals surface area contributed by atoms with E-state index in [4.69, 9.17) is 5.11 Å². The maximum Gasteiger partial charge on any atom is 0.119 e. The number of aldehydes is 1. The van der Waals surface area contributed by atoms with E-state index in [0.29, 0.717) is 6.42 Å². The minimum Gasteiger partial charge on any atom is -0.508 e. The quantitative estimate of drug-likeness (QED) is 0.527. The van der Waals surface area contributed by atoms with E-state index in [1.165, 1.54) is 0 Å². The van der Waals surface area contributed by atoms with Crippen LogP contribution in [0.4, 0.5) is 0 Å². The van der Waals surface area contributed by atoms with Gasteiger partial charge in [-0.05, 0) is 45.3 Å². The molecule has 0 aliphatic heterocycles. The van der Waals surface area contributed by atoms with Crippen molar-refractivity contribution in [2.45, 2.75) is 33.8 Å². The Morgan fingerprint density at radius 1 is 0.913 bits per heavy atom. The van der Waals surface area contributed by atoms with E-state index < -0.39 is 0 Å². The van der Waals surface area contributed by atoms with Crippen LogP contribution in [0.2, 0.25) is 0 Å². The SMILES string of the molecule is CC.CCC=O.OCc1ccc2c(ccc3cc(O)ccc32)c1. The number of carbonyl (C=O) groups excluding carboxylic acids is 1. The van der Waals surface area contributed by atoms with E-state index in [-0.39, 0.29) is 12.4 Å². The molecule has 0 saturated heterocycles. The van der Waals surface area contributed by atoms with Gasteiger partial charge in [0.2, 0.25) is 0 Å². The Labute approximate surface area is 137 Å². The van der Waals surface area contributed by atoms with Gasteiger partial charge < -0.3 is 15.0 Å². The largest absolute Gasteiger partial charge is 0.508 e. The number of aromatic hydroxyl groups is 1. The lowest BCUT2D eigenvalue weighted by Crippen LogP contribution is -1.83. The Hall–Kier alpha value is -2.39. The van der Waals surface area contributed by atoms with Crippen molar-refractivity contribution in [2.24, 2.45) is 0 Å². The zero-order valence-electron chi connectivity index (χ0n) is 13.9. The van der Waals surface area contributed by atoms with Crippen LogP contribution in [0.5, 0.6) is 5.75 Å². The van der Waals surface area contributed by atoms with Crippen molar-refractivity contribution in [3.05, 3.63) is 54.1 Å². The van der Waals surface area contributed by atoms with Crippen molar-refractivity contribution in [3.63, 3.8) is 0 Å². The molecule has 0 fully saturated rings. The average molecular weight is 312 g/mol. The third-order valence-electron chi connectivity index (χ3n) is 3.23. The van der Waals surface area contributed by atoms with Crippen LogP contribution in [0.25, 0.3) is 21.5 Å².